The Morgan fingerprint density at radius 1 is 0.960 bits per heavy atom. The normalized spacial score (nSPS) is 11.4. The highest BCUT2D eigenvalue weighted by Crippen LogP contribution is 2.25. The summed E-state index contributed by atoms with van der Waals surface area (Å²) >= 11 is 0. The van der Waals surface area contributed by atoms with Gasteiger partial charge < -0.3 is 4.90 Å². The Hall–Kier alpha value is -2.34. The summed E-state index contributed by atoms with van der Waals surface area (Å²) in [4.78, 5) is 13.7. The van der Waals surface area contributed by atoms with Crippen LogP contribution in [0.3, 0.4) is 0 Å². The zero-order valence-electron chi connectivity index (χ0n) is 15.0. The molecule has 0 aliphatic rings. The molecule has 25 heavy (non-hydrogen) atoms. The maximum Gasteiger partial charge on any atom is 0.264 e. The summed E-state index contributed by atoms with van der Waals surface area (Å²) in [6.07, 6.45) is 0. The summed E-state index contributed by atoms with van der Waals surface area (Å²) in [6.45, 7) is 3.90. The molecule has 0 saturated heterocycles. The number of likely N-dealkylation sites (N-methyl/N-ethyl adjacent to an activating group) is 1. The van der Waals surface area contributed by atoms with Gasteiger partial charge in [-0.25, -0.2) is 8.42 Å². The molecule has 0 N–H and O–H groups in total. The van der Waals surface area contributed by atoms with E-state index in [2.05, 4.69) is 13.8 Å². The monoisotopic (exact) mass is 360 g/mol. The van der Waals surface area contributed by atoms with E-state index in [4.69, 9.17) is 0 Å². The van der Waals surface area contributed by atoms with Crippen LogP contribution >= 0.6 is 0 Å². The smallest absolute Gasteiger partial charge is 0.264 e. The number of rotatable bonds is 6. The van der Waals surface area contributed by atoms with Gasteiger partial charge in [0.1, 0.15) is 6.54 Å². The Morgan fingerprint density at radius 3 is 2.00 bits per heavy atom. The lowest BCUT2D eigenvalue weighted by molar-refractivity contribution is -0.127. The van der Waals surface area contributed by atoms with E-state index in [0.29, 0.717) is 11.6 Å². The van der Waals surface area contributed by atoms with Crippen molar-refractivity contribution in [3.63, 3.8) is 0 Å². The molecule has 2 rings (SSSR count). The first-order valence-corrected chi connectivity index (χ1v) is 9.55. The second-order valence-electron chi connectivity index (χ2n) is 6.36. The van der Waals surface area contributed by atoms with Crippen molar-refractivity contribution in [3.05, 3.63) is 60.2 Å². The van der Waals surface area contributed by atoms with E-state index in [1.165, 1.54) is 17.0 Å². The predicted molar refractivity (Wildman–Crippen MR) is 100 cm³/mol. The van der Waals surface area contributed by atoms with Crippen molar-refractivity contribution >= 4 is 21.6 Å². The van der Waals surface area contributed by atoms with E-state index < -0.39 is 10.0 Å². The molecule has 0 radical (unpaired) electrons. The van der Waals surface area contributed by atoms with E-state index >= 15 is 0 Å². The van der Waals surface area contributed by atoms with Gasteiger partial charge in [0, 0.05) is 14.1 Å². The Labute approximate surface area is 149 Å². The van der Waals surface area contributed by atoms with Crippen LogP contribution in [0.4, 0.5) is 5.69 Å². The quantitative estimate of drug-likeness (QED) is 0.795. The van der Waals surface area contributed by atoms with Crippen LogP contribution in [0.1, 0.15) is 25.3 Å². The fraction of sp³-hybridized carbons (Fsp3) is 0.316. The van der Waals surface area contributed by atoms with E-state index in [1.807, 2.05) is 12.1 Å². The molecular formula is C19H24N2O3S. The van der Waals surface area contributed by atoms with Crippen LogP contribution in [0.5, 0.6) is 0 Å². The molecule has 0 unspecified atom stereocenters. The van der Waals surface area contributed by atoms with Gasteiger partial charge >= 0.3 is 0 Å². The lowest BCUT2D eigenvalue weighted by atomic mass is 10.0. The largest absolute Gasteiger partial charge is 0.347 e. The minimum absolute atomic E-state index is 0.162. The van der Waals surface area contributed by atoms with Gasteiger partial charge in [-0.2, -0.15) is 0 Å². The SMILES string of the molecule is CC(C)c1ccc(N(CC(=O)N(C)C)S(=O)(=O)c2ccccc2)cc1. The van der Waals surface area contributed by atoms with Crippen LogP contribution in [0.2, 0.25) is 0 Å². The summed E-state index contributed by atoms with van der Waals surface area (Å²) in [5.41, 5.74) is 1.59. The lowest BCUT2D eigenvalue weighted by Crippen LogP contribution is -2.40. The first kappa shape index (κ1) is 19.0. The topological polar surface area (TPSA) is 57.7 Å². The molecule has 0 spiro atoms. The minimum atomic E-state index is -3.83. The molecule has 0 fully saturated rings. The van der Waals surface area contributed by atoms with Crippen LogP contribution in [0, 0.1) is 0 Å². The number of carbonyl (C=O) groups is 1. The van der Waals surface area contributed by atoms with E-state index in [1.54, 1.807) is 44.4 Å². The van der Waals surface area contributed by atoms with Gasteiger partial charge in [0.2, 0.25) is 5.91 Å². The van der Waals surface area contributed by atoms with Gasteiger partial charge in [0.15, 0.2) is 0 Å². The molecule has 6 heteroatoms. The molecule has 0 aromatic heterocycles. The maximum absolute atomic E-state index is 13.1. The summed E-state index contributed by atoms with van der Waals surface area (Å²) in [7, 11) is -0.613. The molecule has 5 nitrogen and oxygen atoms in total. The van der Waals surface area contributed by atoms with Crippen molar-refractivity contribution < 1.29 is 13.2 Å². The molecule has 0 atom stereocenters. The van der Waals surface area contributed by atoms with Crippen molar-refractivity contribution in [2.75, 3.05) is 24.9 Å². The van der Waals surface area contributed by atoms with Crippen LogP contribution in [0.25, 0.3) is 0 Å². The van der Waals surface area contributed by atoms with Crippen LogP contribution < -0.4 is 4.31 Å². The third-order valence-corrected chi connectivity index (χ3v) is 5.74. The number of hydrogen-bond acceptors (Lipinski definition) is 3. The number of amides is 1. The summed E-state index contributed by atoms with van der Waals surface area (Å²) in [5.74, 6) is 0.0593. The highest BCUT2D eigenvalue weighted by atomic mass is 32.2. The first-order valence-electron chi connectivity index (χ1n) is 8.11. The van der Waals surface area contributed by atoms with Gasteiger partial charge in [0.25, 0.3) is 10.0 Å². The van der Waals surface area contributed by atoms with Crippen molar-refractivity contribution in [2.24, 2.45) is 0 Å². The highest BCUT2D eigenvalue weighted by Gasteiger charge is 2.27. The Kier molecular flexibility index (Phi) is 5.85. The Morgan fingerprint density at radius 2 is 1.52 bits per heavy atom. The Bertz CT molecular complexity index is 814. The summed E-state index contributed by atoms with van der Waals surface area (Å²) < 4.78 is 27.3. The van der Waals surface area contributed by atoms with Gasteiger partial charge in [-0.3, -0.25) is 9.10 Å². The number of anilines is 1. The molecule has 0 aliphatic carbocycles. The first-order chi connectivity index (χ1) is 11.7. The number of sulfonamides is 1. The number of benzene rings is 2. The second-order valence-corrected chi connectivity index (χ2v) is 8.22. The molecular weight excluding hydrogens is 336 g/mol. The molecule has 0 aliphatic heterocycles. The third-order valence-electron chi connectivity index (χ3n) is 3.96. The zero-order chi connectivity index (χ0) is 18.6. The number of nitrogens with zero attached hydrogens (tertiary/aromatic N) is 2. The van der Waals surface area contributed by atoms with Crippen molar-refractivity contribution in [1.29, 1.82) is 0 Å². The molecule has 134 valence electrons. The zero-order valence-corrected chi connectivity index (χ0v) is 15.8. The van der Waals surface area contributed by atoms with Gasteiger partial charge in [-0.1, -0.05) is 44.2 Å². The molecule has 0 bridgehead atoms. The van der Waals surface area contributed by atoms with E-state index in [9.17, 15) is 13.2 Å². The second kappa shape index (κ2) is 7.70. The predicted octanol–water partition coefficient (Wildman–Crippen LogP) is 3.09. The summed E-state index contributed by atoms with van der Waals surface area (Å²) in [5, 5.41) is 0. The fourth-order valence-corrected chi connectivity index (χ4v) is 3.76. The average molecular weight is 360 g/mol. The van der Waals surface area contributed by atoms with Crippen LogP contribution in [-0.4, -0.2) is 39.9 Å². The van der Waals surface area contributed by atoms with Crippen LogP contribution in [0.15, 0.2) is 59.5 Å². The molecule has 2 aromatic carbocycles. The molecule has 2 aromatic rings. The van der Waals surface area contributed by atoms with Crippen molar-refractivity contribution in [2.45, 2.75) is 24.7 Å². The molecule has 0 saturated carbocycles. The summed E-state index contributed by atoms with van der Waals surface area (Å²) in [6, 6.07) is 15.4. The standard InChI is InChI=1S/C19H24N2O3S/c1-15(2)16-10-12-17(13-11-16)21(14-19(22)20(3)4)25(23,24)18-8-6-5-7-9-18/h5-13,15H,14H2,1-4H3. The number of hydrogen-bond donors (Lipinski definition) is 0. The maximum atomic E-state index is 13.1. The van der Waals surface area contributed by atoms with Gasteiger partial charge in [-0.05, 0) is 35.7 Å². The van der Waals surface area contributed by atoms with Gasteiger partial charge in [-0.15, -0.1) is 0 Å². The van der Waals surface area contributed by atoms with E-state index in [0.717, 1.165) is 9.87 Å². The fourth-order valence-electron chi connectivity index (χ4n) is 2.32. The van der Waals surface area contributed by atoms with E-state index in [-0.39, 0.29) is 17.3 Å². The molecule has 0 heterocycles. The van der Waals surface area contributed by atoms with Crippen molar-refractivity contribution in [1.82, 2.24) is 4.90 Å². The highest BCUT2D eigenvalue weighted by molar-refractivity contribution is 7.92. The molecule has 1 amide bonds. The lowest BCUT2D eigenvalue weighted by Gasteiger charge is -2.25. The Balaban J connectivity index is 2.48. The minimum Gasteiger partial charge on any atom is -0.347 e. The third kappa shape index (κ3) is 4.39. The number of carbonyl (C=O) groups excluding carboxylic acids is 1. The van der Waals surface area contributed by atoms with Crippen molar-refractivity contribution in [3.8, 4) is 0 Å². The average Bonchev–Trinajstić information content (AvgIpc) is 2.60. The van der Waals surface area contributed by atoms with Gasteiger partial charge in [0.05, 0.1) is 10.6 Å². The van der Waals surface area contributed by atoms with Crippen LogP contribution in [-0.2, 0) is 14.8 Å².